The van der Waals surface area contributed by atoms with Crippen LogP contribution in [0.2, 0.25) is 0 Å². The van der Waals surface area contributed by atoms with Gasteiger partial charge in [0.15, 0.2) is 0 Å². The highest BCUT2D eigenvalue weighted by atomic mass is 16.5. The summed E-state index contributed by atoms with van der Waals surface area (Å²) in [6.45, 7) is 4.53. The molecule has 0 aliphatic carbocycles. The Balaban J connectivity index is 2.11. The summed E-state index contributed by atoms with van der Waals surface area (Å²) in [5.41, 5.74) is 9.22. The molecule has 0 atom stereocenters. The molecule has 4 heteroatoms. The number of para-hydroxylation sites is 1. The number of hydrogen-bond donors (Lipinski definition) is 2. The fraction of sp³-hybridized carbons (Fsp3) is 0.235. The molecular formula is C17H19N3O. The largest absolute Gasteiger partial charge is 0.489 e. The van der Waals surface area contributed by atoms with Gasteiger partial charge in [0, 0.05) is 6.54 Å². The van der Waals surface area contributed by atoms with Gasteiger partial charge in [-0.25, -0.2) is 0 Å². The lowest BCUT2D eigenvalue weighted by Gasteiger charge is -2.15. The molecule has 0 saturated carbocycles. The zero-order chi connectivity index (χ0) is 15.2. The number of rotatable bonds is 5. The Morgan fingerprint density at radius 3 is 2.71 bits per heavy atom. The van der Waals surface area contributed by atoms with Gasteiger partial charge in [0.1, 0.15) is 5.75 Å². The minimum atomic E-state index is 0.0786. The highest BCUT2D eigenvalue weighted by Gasteiger charge is 2.07. The van der Waals surface area contributed by atoms with E-state index in [0.717, 1.165) is 11.3 Å². The molecule has 0 amide bonds. The average molecular weight is 281 g/mol. The van der Waals surface area contributed by atoms with Crippen molar-refractivity contribution in [2.45, 2.75) is 26.5 Å². The Bertz CT molecular complexity index is 659. The van der Waals surface area contributed by atoms with E-state index in [1.54, 1.807) is 6.07 Å². The number of hydrogen-bond acceptors (Lipinski definition) is 4. The van der Waals surface area contributed by atoms with Gasteiger partial charge in [-0.05, 0) is 43.7 Å². The normalized spacial score (nSPS) is 10.2. The molecule has 108 valence electrons. The fourth-order valence-corrected chi connectivity index (χ4v) is 2.00. The zero-order valence-electron chi connectivity index (χ0n) is 12.3. The smallest absolute Gasteiger partial charge is 0.144 e. The van der Waals surface area contributed by atoms with E-state index in [2.05, 4.69) is 11.4 Å². The summed E-state index contributed by atoms with van der Waals surface area (Å²) < 4.78 is 5.67. The summed E-state index contributed by atoms with van der Waals surface area (Å²) in [5, 5.41) is 12.2. The number of ether oxygens (including phenoxy) is 1. The van der Waals surface area contributed by atoms with Crippen LogP contribution in [0.25, 0.3) is 0 Å². The Morgan fingerprint density at radius 1 is 1.24 bits per heavy atom. The first-order valence-electron chi connectivity index (χ1n) is 6.88. The van der Waals surface area contributed by atoms with Crippen LogP contribution in [0.3, 0.4) is 0 Å². The van der Waals surface area contributed by atoms with Crippen LogP contribution in [-0.4, -0.2) is 6.10 Å². The summed E-state index contributed by atoms with van der Waals surface area (Å²) in [4.78, 5) is 0. The molecular weight excluding hydrogens is 262 g/mol. The highest BCUT2D eigenvalue weighted by molar-refractivity contribution is 5.73. The van der Waals surface area contributed by atoms with Crippen molar-refractivity contribution in [3.63, 3.8) is 0 Å². The van der Waals surface area contributed by atoms with Gasteiger partial charge in [-0.2, -0.15) is 5.26 Å². The van der Waals surface area contributed by atoms with E-state index in [0.29, 0.717) is 23.5 Å². The van der Waals surface area contributed by atoms with Crippen LogP contribution in [0.15, 0.2) is 42.5 Å². The van der Waals surface area contributed by atoms with Crippen LogP contribution in [0.5, 0.6) is 5.75 Å². The van der Waals surface area contributed by atoms with Crippen LogP contribution in [-0.2, 0) is 6.54 Å². The van der Waals surface area contributed by atoms with Crippen LogP contribution >= 0.6 is 0 Å². The number of anilines is 2. The highest BCUT2D eigenvalue weighted by Crippen LogP contribution is 2.30. The second-order valence-corrected chi connectivity index (χ2v) is 5.05. The number of nitriles is 1. The quantitative estimate of drug-likeness (QED) is 0.822. The Labute approximate surface area is 125 Å². The Hall–Kier alpha value is -2.67. The van der Waals surface area contributed by atoms with Crippen molar-refractivity contribution in [2.24, 2.45) is 0 Å². The summed E-state index contributed by atoms with van der Waals surface area (Å²) in [7, 11) is 0. The van der Waals surface area contributed by atoms with E-state index in [9.17, 15) is 0 Å². The first kappa shape index (κ1) is 14.7. The molecule has 0 saturated heterocycles. The number of benzene rings is 2. The summed E-state index contributed by atoms with van der Waals surface area (Å²) in [6.07, 6.45) is 0.0786. The maximum atomic E-state index is 8.90. The summed E-state index contributed by atoms with van der Waals surface area (Å²) >= 11 is 0. The SMILES string of the molecule is CC(C)Oc1cccc(NCc2cccc(C#N)c2)c1N. The van der Waals surface area contributed by atoms with Crippen molar-refractivity contribution >= 4 is 11.4 Å². The second kappa shape index (κ2) is 6.67. The van der Waals surface area contributed by atoms with E-state index in [-0.39, 0.29) is 6.10 Å². The molecule has 0 heterocycles. The molecule has 4 nitrogen and oxygen atoms in total. The number of nitrogens with zero attached hydrogens (tertiary/aromatic N) is 1. The first-order valence-corrected chi connectivity index (χ1v) is 6.88. The van der Waals surface area contributed by atoms with E-state index < -0.39 is 0 Å². The topological polar surface area (TPSA) is 71.1 Å². The van der Waals surface area contributed by atoms with Crippen LogP contribution in [0.1, 0.15) is 25.0 Å². The van der Waals surface area contributed by atoms with E-state index >= 15 is 0 Å². The van der Waals surface area contributed by atoms with Crippen molar-refractivity contribution in [1.29, 1.82) is 5.26 Å². The molecule has 3 N–H and O–H groups in total. The van der Waals surface area contributed by atoms with E-state index in [4.69, 9.17) is 15.7 Å². The molecule has 2 rings (SSSR count). The van der Waals surface area contributed by atoms with Gasteiger partial charge in [0.25, 0.3) is 0 Å². The number of nitrogens with two attached hydrogens (primary N) is 1. The van der Waals surface area contributed by atoms with Crippen molar-refractivity contribution in [2.75, 3.05) is 11.1 Å². The lowest BCUT2D eigenvalue weighted by Crippen LogP contribution is -2.09. The average Bonchev–Trinajstić information content (AvgIpc) is 2.48. The Morgan fingerprint density at radius 2 is 2.00 bits per heavy atom. The van der Waals surface area contributed by atoms with Crippen molar-refractivity contribution in [3.8, 4) is 11.8 Å². The minimum absolute atomic E-state index is 0.0786. The molecule has 0 spiro atoms. The Kier molecular flexibility index (Phi) is 4.68. The third kappa shape index (κ3) is 3.90. The van der Waals surface area contributed by atoms with Gasteiger partial charge in [-0.15, -0.1) is 0 Å². The predicted molar refractivity (Wildman–Crippen MR) is 85.1 cm³/mol. The standard InChI is InChI=1S/C17H19N3O/c1-12(2)21-16-8-4-7-15(17(16)19)20-11-14-6-3-5-13(9-14)10-18/h3-9,12,20H,11,19H2,1-2H3. The zero-order valence-corrected chi connectivity index (χ0v) is 12.3. The van der Waals surface area contributed by atoms with Gasteiger partial charge < -0.3 is 15.8 Å². The lowest BCUT2D eigenvalue weighted by molar-refractivity contribution is 0.244. The minimum Gasteiger partial charge on any atom is -0.489 e. The molecule has 0 fully saturated rings. The van der Waals surface area contributed by atoms with Gasteiger partial charge in [0.05, 0.1) is 29.1 Å². The summed E-state index contributed by atoms with van der Waals surface area (Å²) in [5.74, 6) is 0.681. The molecule has 0 aliphatic heterocycles. The third-order valence-electron chi connectivity index (χ3n) is 2.97. The van der Waals surface area contributed by atoms with Gasteiger partial charge in [-0.3, -0.25) is 0 Å². The molecule has 0 unspecified atom stereocenters. The predicted octanol–water partition coefficient (Wildman–Crippen LogP) is 3.54. The summed E-state index contributed by atoms with van der Waals surface area (Å²) in [6, 6.07) is 15.3. The van der Waals surface area contributed by atoms with Gasteiger partial charge in [-0.1, -0.05) is 18.2 Å². The molecule has 0 aliphatic rings. The van der Waals surface area contributed by atoms with Crippen LogP contribution < -0.4 is 15.8 Å². The number of nitrogen functional groups attached to an aromatic ring is 1. The van der Waals surface area contributed by atoms with Crippen molar-refractivity contribution < 1.29 is 4.74 Å². The number of nitrogens with one attached hydrogen (secondary N) is 1. The van der Waals surface area contributed by atoms with Gasteiger partial charge >= 0.3 is 0 Å². The van der Waals surface area contributed by atoms with Gasteiger partial charge in [0.2, 0.25) is 0 Å². The molecule has 0 aromatic heterocycles. The third-order valence-corrected chi connectivity index (χ3v) is 2.97. The maximum absolute atomic E-state index is 8.90. The van der Waals surface area contributed by atoms with Crippen LogP contribution in [0.4, 0.5) is 11.4 Å². The molecule has 0 bridgehead atoms. The lowest BCUT2D eigenvalue weighted by atomic mass is 10.1. The molecule has 2 aromatic rings. The maximum Gasteiger partial charge on any atom is 0.144 e. The van der Waals surface area contributed by atoms with Crippen LogP contribution in [0, 0.1) is 11.3 Å². The second-order valence-electron chi connectivity index (χ2n) is 5.05. The van der Waals surface area contributed by atoms with Crippen molar-refractivity contribution in [3.05, 3.63) is 53.6 Å². The molecule has 21 heavy (non-hydrogen) atoms. The van der Waals surface area contributed by atoms with E-state index in [1.807, 2.05) is 50.2 Å². The monoisotopic (exact) mass is 281 g/mol. The molecule has 2 aromatic carbocycles. The van der Waals surface area contributed by atoms with E-state index in [1.165, 1.54) is 0 Å². The first-order chi connectivity index (χ1) is 10.1. The molecule has 0 radical (unpaired) electrons. The van der Waals surface area contributed by atoms with Crippen molar-refractivity contribution in [1.82, 2.24) is 0 Å². The fourth-order valence-electron chi connectivity index (χ4n) is 2.00.